The van der Waals surface area contributed by atoms with E-state index in [1.807, 2.05) is 68.4 Å². The molecule has 2 amide bonds. The summed E-state index contributed by atoms with van der Waals surface area (Å²) in [5.41, 5.74) is 1.17. The number of nitrogens with one attached hydrogen (secondary N) is 2. The Morgan fingerprint density at radius 2 is 1.88 bits per heavy atom. The number of rotatable bonds is 3. The smallest absolute Gasteiger partial charge is 0.236 e. The SMILES string of the molecule is C[C@@H](NC(=O)[C@@H]1C(=O)N[C@]2(C)C[C@@H]1c1ccccc1O2)c1ccccc1. The quantitative estimate of drug-likeness (QED) is 0.837. The molecule has 4 atom stereocenters. The predicted molar refractivity (Wildman–Crippen MR) is 97.5 cm³/mol. The lowest BCUT2D eigenvalue weighted by atomic mass is 9.74. The lowest BCUT2D eigenvalue weighted by Gasteiger charge is -2.46. The van der Waals surface area contributed by atoms with E-state index in [2.05, 4.69) is 10.6 Å². The van der Waals surface area contributed by atoms with Gasteiger partial charge in [-0.15, -0.1) is 0 Å². The van der Waals surface area contributed by atoms with Gasteiger partial charge in [0.25, 0.3) is 0 Å². The first-order valence-electron chi connectivity index (χ1n) is 8.92. The van der Waals surface area contributed by atoms with Gasteiger partial charge in [-0.25, -0.2) is 0 Å². The molecule has 1 saturated heterocycles. The third-order valence-corrected chi connectivity index (χ3v) is 5.28. The van der Waals surface area contributed by atoms with Crippen LogP contribution in [0.5, 0.6) is 5.75 Å². The second-order valence-corrected chi connectivity index (χ2v) is 7.29. The van der Waals surface area contributed by atoms with Gasteiger partial charge in [-0.2, -0.15) is 0 Å². The van der Waals surface area contributed by atoms with Crippen molar-refractivity contribution >= 4 is 11.8 Å². The molecule has 0 unspecified atom stereocenters. The summed E-state index contributed by atoms with van der Waals surface area (Å²) < 4.78 is 5.98. The zero-order valence-corrected chi connectivity index (χ0v) is 14.9. The highest BCUT2D eigenvalue weighted by atomic mass is 16.5. The normalized spacial score (nSPS) is 27.5. The molecule has 0 spiro atoms. The number of fused-ring (bicyclic) bond motifs is 4. The Morgan fingerprint density at radius 3 is 2.65 bits per heavy atom. The highest BCUT2D eigenvalue weighted by Gasteiger charge is 2.51. The summed E-state index contributed by atoms with van der Waals surface area (Å²) in [5, 5.41) is 5.89. The van der Waals surface area contributed by atoms with Crippen molar-refractivity contribution in [1.82, 2.24) is 10.6 Å². The van der Waals surface area contributed by atoms with E-state index < -0.39 is 11.6 Å². The van der Waals surface area contributed by atoms with Gasteiger partial charge in [0.2, 0.25) is 11.8 Å². The van der Waals surface area contributed by atoms with Crippen LogP contribution in [0.25, 0.3) is 0 Å². The molecule has 0 aliphatic carbocycles. The first-order valence-corrected chi connectivity index (χ1v) is 8.92. The third kappa shape index (κ3) is 2.83. The van der Waals surface area contributed by atoms with Crippen molar-refractivity contribution in [2.75, 3.05) is 0 Å². The number of para-hydroxylation sites is 1. The number of benzene rings is 2. The second-order valence-electron chi connectivity index (χ2n) is 7.29. The van der Waals surface area contributed by atoms with Crippen molar-refractivity contribution in [3.63, 3.8) is 0 Å². The molecule has 0 aromatic heterocycles. The van der Waals surface area contributed by atoms with Crippen LogP contribution in [0, 0.1) is 5.92 Å². The molecule has 26 heavy (non-hydrogen) atoms. The van der Waals surface area contributed by atoms with Crippen LogP contribution in [-0.2, 0) is 9.59 Å². The molecule has 5 heteroatoms. The van der Waals surface area contributed by atoms with Crippen molar-refractivity contribution in [3.8, 4) is 5.75 Å². The van der Waals surface area contributed by atoms with Crippen LogP contribution in [0.1, 0.15) is 43.4 Å². The maximum Gasteiger partial charge on any atom is 0.236 e. The van der Waals surface area contributed by atoms with E-state index in [1.165, 1.54) is 0 Å². The molecule has 2 aromatic rings. The number of carbonyl (C=O) groups excluding carboxylic acids is 2. The van der Waals surface area contributed by atoms with Gasteiger partial charge in [0.05, 0.1) is 6.04 Å². The minimum Gasteiger partial charge on any atom is -0.468 e. The van der Waals surface area contributed by atoms with Gasteiger partial charge in [0.1, 0.15) is 11.7 Å². The van der Waals surface area contributed by atoms with E-state index in [0.29, 0.717) is 6.42 Å². The number of carbonyl (C=O) groups is 2. The van der Waals surface area contributed by atoms with Gasteiger partial charge in [-0.3, -0.25) is 9.59 Å². The third-order valence-electron chi connectivity index (χ3n) is 5.28. The summed E-state index contributed by atoms with van der Waals surface area (Å²) in [4.78, 5) is 25.7. The van der Waals surface area contributed by atoms with Gasteiger partial charge in [0, 0.05) is 12.3 Å². The summed E-state index contributed by atoms with van der Waals surface area (Å²) in [7, 11) is 0. The van der Waals surface area contributed by atoms with E-state index in [0.717, 1.165) is 16.9 Å². The zero-order valence-electron chi connectivity index (χ0n) is 14.9. The average Bonchev–Trinajstić information content (AvgIpc) is 2.61. The molecule has 0 saturated carbocycles. The number of ether oxygens (including phenoxy) is 1. The van der Waals surface area contributed by atoms with Gasteiger partial charge in [-0.05, 0) is 31.0 Å². The first kappa shape index (κ1) is 16.6. The van der Waals surface area contributed by atoms with Crippen molar-refractivity contribution in [2.45, 2.75) is 38.0 Å². The number of amides is 2. The standard InChI is InChI=1S/C21H22N2O3/c1-13(14-8-4-3-5-9-14)22-19(24)18-16-12-21(2,23-20(18)25)26-17-11-7-6-10-15(16)17/h3-11,13,16,18H,12H2,1-2H3,(H,22,24)(H,23,25)/t13-,16-,18-,21+/m1/s1. The fraction of sp³-hybridized carbons (Fsp3) is 0.333. The maximum absolute atomic E-state index is 13.0. The van der Waals surface area contributed by atoms with E-state index in [-0.39, 0.29) is 23.8 Å². The molecule has 2 heterocycles. The van der Waals surface area contributed by atoms with Crippen LogP contribution in [-0.4, -0.2) is 17.5 Å². The Morgan fingerprint density at radius 1 is 1.19 bits per heavy atom. The van der Waals surface area contributed by atoms with Gasteiger partial charge >= 0.3 is 0 Å². The summed E-state index contributed by atoms with van der Waals surface area (Å²) in [6.45, 7) is 3.78. The molecule has 2 aliphatic rings. The van der Waals surface area contributed by atoms with Crippen molar-refractivity contribution < 1.29 is 14.3 Å². The number of hydrogen-bond acceptors (Lipinski definition) is 3. The number of piperidine rings is 1. The highest BCUT2D eigenvalue weighted by molar-refractivity contribution is 6.02. The minimum atomic E-state index is -0.766. The van der Waals surface area contributed by atoms with Crippen LogP contribution in [0.2, 0.25) is 0 Å². The molecular formula is C21H22N2O3. The van der Waals surface area contributed by atoms with Crippen LogP contribution in [0.15, 0.2) is 54.6 Å². The van der Waals surface area contributed by atoms with Crippen molar-refractivity contribution in [2.24, 2.45) is 5.92 Å². The molecule has 2 N–H and O–H groups in total. The second kappa shape index (κ2) is 6.16. The largest absolute Gasteiger partial charge is 0.468 e. The Hall–Kier alpha value is -2.82. The fourth-order valence-electron chi connectivity index (χ4n) is 4.02. The Kier molecular flexibility index (Phi) is 3.94. The molecule has 0 radical (unpaired) electrons. The van der Waals surface area contributed by atoms with Crippen LogP contribution >= 0.6 is 0 Å². The summed E-state index contributed by atoms with van der Waals surface area (Å²) in [5.74, 6) is -0.750. The monoisotopic (exact) mass is 350 g/mol. The summed E-state index contributed by atoms with van der Waals surface area (Å²) in [6, 6.07) is 17.2. The van der Waals surface area contributed by atoms with Gasteiger partial charge < -0.3 is 15.4 Å². The lowest BCUT2D eigenvalue weighted by Crippen LogP contribution is -2.63. The fourth-order valence-corrected chi connectivity index (χ4v) is 4.02. The van der Waals surface area contributed by atoms with Crippen LogP contribution in [0.4, 0.5) is 0 Å². The molecular weight excluding hydrogens is 328 g/mol. The summed E-state index contributed by atoms with van der Waals surface area (Å²) in [6.07, 6.45) is 0.577. The Balaban J connectivity index is 1.62. The molecule has 4 rings (SSSR count). The van der Waals surface area contributed by atoms with Gasteiger partial charge in [-0.1, -0.05) is 48.5 Å². The molecule has 1 fully saturated rings. The maximum atomic E-state index is 13.0. The zero-order chi connectivity index (χ0) is 18.3. The lowest BCUT2D eigenvalue weighted by molar-refractivity contribution is -0.147. The van der Waals surface area contributed by atoms with Crippen LogP contribution in [0.3, 0.4) is 0 Å². The Bertz CT molecular complexity index is 851. The van der Waals surface area contributed by atoms with Gasteiger partial charge in [0.15, 0.2) is 5.72 Å². The molecule has 2 bridgehead atoms. The molecule has 2 aliphatic heterocycles. The summed E-state index contributed by atoms with van der Waals surface area (Å²) >= 11 is 0. The molecule has 2 aromatic carbocycles. The molecule has 5 nitrogen and oxygen atoms in total. The van der Waals surface area contributed by atoms with E-state index in [9.17, 15) is 9.59 Å². The topological polar surface area (TPSA) is 67.4 Å². The average molecular weight is 350 g/mol. The van der Waals surface area contributed by atoms with E-state index in [4.69, 9.17) is 4.74 Å². The first-order chi connectivity index (χ1) is 12.5. The predicted octanol–water partition coefficient (Wildman–Crippen LogP) is 2.89. The minimum absolute atomic E-state index is 0.167. The van der Waals surface area contributed by atoms with Crippen LogP contribution < -0.4 is 15.4 Å². The Labute approximate surface area is 152 Å². The van der Waals surface area contributed by atoms with E-state index >= 15 is 0 Å². The molecule has 134 valence electrons. The van der Waals surface area contributed by atoms with E-state index in [1.54, 1.807) is 0 Å². The highest BCUT2D eigenvalue weighted by Crippen LogP contribution is 2.46. The number of hydrogen-bond donors (Lipinski definition) is 2. The van der Waals surface area contributed by atoms with Crippen molar-refractivity contribution in [1.29, 1.82) is 0 Å². The van der Waals surface area contributed by atoms with Crippen molar-refractivity contribution in [3.05, 3.63) is 65.7 Å².